The first-order chi connectivity index (χ1) is 17.8. The van der Waals surface area contributed by atoms with Gasteiger partial charge in [0.15, 0.2) is 0 Å². The second-order valence-corrected chi connectivity index (χ2v) is 9.00. The molecule has 1 N–H and O–H groups in total. The molecule has 4 aromatic rings. The summed E-state index contributed by atoms with van der Waals surface area (Å²) in [5.74, 6) is -1.95. The molecule has 9 heteroatoms. The van der Waals surface area contributed by atoms with Crippen LogP contribution in [-0.2, 0) is 14.3 Å². The molecule has 1 heterocycles. The Morgan fingerprint density at radius 2 is 1.76 bits per heavy atom. The number of benzene rings is 3. The smallest absolute Gasteiger partial charge is 0.340 e. The molecule has 1 amide bonds. The number of carbonyl (C=O) groups excluding carboxylic acids is 2. The number of nitro groups is 1. The molecule has 0 saturated carbocycles. The Hall–Kier alpha value is -4.63. The van der Waals surface area contributed by atoms with Crippen molar-refractivity contribution >= 4 is 46.2 Å². The molecular weight excluding hydrogens is 495 g/mol. The molecule has 3 aromatic carbocycles. The molecule has 7 nitrogen and oxygen atoms in total. The van der Waals surface area contributed by atoms with Crippen molar-refractivity contribution in [2.24, 2.45) is 0 Å². The first-order valence-electron chi connectivity index (χ1n) is 11.1. The van der Waals surface area contributed by atoms with Gasteiger partial charge in [0.25, 0.3) is 11.6 Å². The third kappa shape index (κ3) is 6.33. The largest absolute Gasteiger partial charge is 0.444 e. The lowest BCUT2D eigenvalue weighted by atomic mass is 10.1. The molecule has 1 aromatic heterocycles. The quantitative estimate of drug-likeness (QED) is 0.124. The van der Waals surface area contributed by atoms with Gasteiger partial charge < -0.3 is 10.1 Å². The van der Waals surface area contributed by atoms with Crippen LogP contribution in [0.25, 0.3) is 11.6 Å². The number of hydrogen-bond acceptors (Lipinski definition) is 6. The van der Waals surface area contributed by atoms with Gasteiger partial charge in [-0.05, 0) is 53.8 Å². The van der Waals surface area contributed by atoms with Crippen LogP contribution >= 0.6 is 11.3 Å². The monoisotopic (exact) mass is 516 g/mol. The zero-order chi connectivity index (χ0) is 26.4. The van der Waals surface area contributed by atoms with Gasteiger partial charge >= 0.3 is 5.97 Å². The number of thiophene rings is 1. The number of ether oxygens (including phenoxy) is 1. The summed E-state index contributed by atoms with van der Waals surface area (Å²) in [6.45, 7) is 1.70. The van der Waals surface area contributed by atoms with Crippen molar-refractivity contribution in [3.63, 3.8) is 0 Å². The molecule has 0 saturated heterocycles. The summed E-state index contributed by atoms with van der Waals surface area (Å²) >= 11 is 1.30. The van der Waals surface area contributed by atoms with Crippen LogP contribution in [0.15, 0.2) is 90.3 Å². The van der Waals surface area contributed by atoms with Gasteiger partial charge in [-0.25, -0.2) is 9.18 Å². The highest BCUT2D eigenvalue weighted by molar-refractivity contribution is 7.11. The van der Waals surface area contributed by atoms with Gasteiger partial charge in [-0.3, -0.25) is 14.9 Å². The predicted octanol–water partition coefficient (Wildman–Crippen LogP) is 6.57. The molecule has 1 atom stereocenters. The van der Waals surface area contributed by atoms with E-state index in [9.17, 15) is 24.1 Å². The fourth-order valence-corrected chi connectivity index (χ4v) is 4.29. The average molecular weight is 517 g/mol. The van der Waals surface area contributed by atoms with E-state index in [0.29, 0.717) is 21.6 Å². The summed E-state index contributed by atoms with van der Waals surface area (Å²) < 4.78 is 19.1. The summed E-state index contributed by atoms with van der Waals surface area (Å²) in [6, 6.07) is 21.9. The highest BCUT2D eigenvalue weighted by Crippen LogP contribution is 2.30. The van der Waals surface area contributed by atoms with Gasteiger partial charge in [0.05, 0.1) is 10.5 Å². The van der Waals surface area contributed by atoms with E-state index in [2.05, 4.69) is 5.32 Å². The molecule has 0 radical (unpaired) electrons. The number of nitrogens with zero attached hydrogens (tertiary/aromatic N) is 1. The van der Waals surface area contributed by atoms with Crippen molar-refractivity contribution in [1.29, 1.82) is 0 Å². The highest BCUT2D eigenvalue weighted by Gasteiger charge is 2.29. The van der Waals surface area contributed by atoms with Crippen LogP contribution in [0, 0.1) is 22.9 Å². The number of esters is 1. The Kier molecular flexibility index (Phi) is 7.85. The predicted molar refractivity (Wildman–Crippen MR) is 140 cm³/mol. The third-order valence-electron chi connectivity index (χ3n) is 5.36. The van der Waals surface area contributed by atoms with E-state index in [-0.39, 0.29) is 16.9 Å². The van der Waals surface area contributed by atoms with E-state index >= 15 is 0 Å². The van der Waals surface area contributed by atoms with Gasteiger partial charge in [0, 0.05) is 16.5 Å². The SMILES string of the molecule is Cc1ccc(NC(=O)C(OC(=O)C(=Cc2ccc(F)cc2)c2cccs2)c2ccccc2)c([N+](=O)[O-])c1. The summed E-state index contributed by atoms with van der Waals surface area (Å²) in [5.41, 5.74) is 1.49. The van der Waals surface area contributed by atoms with E-state index in [4.69, 9.17) is 4.74 Å². The van der Waals surface area contributed by atoms with E-state index in [1.807, 2.05) is 0 Å². The second-order valence-electron chi connectivity index (χ2n) is 8.05. The number of aryl methyl sites for hydroxylation is 1. The molecule has 0 spiro atoms. The molecule has 0 bridgehead atoms. The Morgan fingerprint density at radius 1 is 1.03 bits per heavy atom. The molecule has 0 aliphatic carbocycles. The topological polar surface area (TPSA) is 98.5 Å². The van der Waals surface area contributed by atoms with Crippen LogP contribution in [0.3, 0.4) is 0 Å². The summed E-state index contributed by atoms with van der Waals surface area (Å²) in [6.07, 6.45) is 0.157. The van der Waals surface area contributed by atoms with Crippen molar-refractivity contribution in [1.82, 2.24) is 0 Å². The molecule has 4 rings (SSSR count). The van der Waals surface area contributed by atoms with Gasteiger partial charge in [-0.2, -0.15) is 0 Å². The van der Waals surface area contributed by atoms with Gasteiger partial charge in [-0.15, -0.1) is 11.3 Å². The molecule has 37 heavy (non-hydrogen) atoms. The standard InChI is InChI=1S/C28H21FN2O5S/c1-18-9-14-23(24(16-18)31(34)35)30-27(32)26(20-6-3-2-4-7-20)36-28(33)22(25-8-5-15-37-25)17-19-10-12-21(29)13-11-19/h2-17,26H,1H3,(H,30,32). The van der Waals surface area contributed by atoms with Gasteiger partial charge in [0.2, 0.25) is 6.10 Å². The van der Waals surface area contributed by atoms with Crippen molar-refractivity contribution < 1.29 is 23.6 Å². The maximum absolute atomic E-state index is 13.4. The number of halogens is 1. The summed E-state index contributed by atoms with van der Waals surface area (Å²) in [5, 5.41) is 15.9. The Balaban J connectivity index is 1.68. The Labute approximate surface area is 216 Å². The van der Waals surface area contributed by atoms with E-state index in [1.165, 1.54) is 47.7 Å². The summed E-state index contributed by atoms with van der Waals surface area (Å²) in [7, 11) is 0. The van der Waals surface area contributed by atoms with Crippen molar-refractivity contribution in [3.8, 4) is 0 Å². The zero-order valence-corrected chi connectivity index (χ0v) is 20.4. The number of nitro benzene ring substituents is 1. The lowest BCUT2D eigenvalue weighted by Gasteiger charge is -2.19. The van der Waals surface area contributed by atoms with Crippen LogP contribution < -0.4 is 5.32 Å². The number of nitrogens with one attached hydrogen (secondary N) is 1. The molecule has 0 aliphatic rings. The average Bonchev–Trinajstić information content (AvgIpc) is 3.43. The number of anilines is 1. The Morgan fingerprint density at radius 3 is 2.41 bits per heavy atom. The molecule has 186 valence electrons. The van der Waals surface area contributed by atoms with Crippen LogP contribution in [0.5, 0.6) is 0 Å². The first kappa shape index (κ1) is 25.5. The minimum atomic E-state index is -1.40. The number of amides is 1. The minimum Gasteiger partial charge on any atom is -0.444 e. The van der Waals surface area contributed by atoms with Gasteiger partial charge in [-0.1, -0.05) is 54.6 Å². The maximum atomic E-state index is 13.4. The van der Waals surface area contributed by atoms with Crippen molar-refractivity contribution in [2.45, 2.75) is 13.0 Å². The fraction of sp³-hybridized carbons (Fsp3) is 0.0714. The zero-order valence-electron chi connectivity index (χ0n) is 19.6. The Bertz CT molecular complexity index is 1450. The van der Waals surface area contributed by atoms with Gasteiger partial charge in [0.1, 0.15) is 11.5 Å². The first-order valence-corrected chi connectivity index (χ1v) is 12.0. The lowest BCUT2D eigenvalue weighted by molar-refractivity contribution is -0.384. The molecule has 0 aliphatic heterocycles. The second kappa shape index (κ2) is 11.4. The van der Waals surface area contributed by atoms with Crippen molar-refractivity contribution in [2.75, 3.05) is 5.32 Å². The van der Waals surface area contributed by atoms with E-state index in [0.717, 1.165) is 0 Å². The molecular formula is C28H21FN2O5S. The van der Waals surface area contributed by atoms with Crippen LogP contribution in [0.1, 0.15) is 27.7 Å². The lowest BCUT2D eigenvalue weighted by Crippen LogP contribution is -2.26. The van der Waals surface area contributed by atoms with Crippen LogP contribution in [0.4, 0.5) is 15.8 Å². The highest BCUT2D eigenvalue weighted by atomic mass is 32.1. The molecule has 1 unspecified atom stereocenters. The fourth-order valence-electron chi connectivity index (χ4n) is 3.56. The number of rotatable bonds is 8. The molecule has 0 fully saturated rings. The number of carbonyl (C=O) groups is 2. The summed E-state index contributed by atoms with van der Waals surface area (Å²) in [4.78, 5) is 38.3. The van der Waals surface area contributed by atoms with Crippen molar-refractivity contribution in [3.05, 3.63) is 128 Å². The normalized spacial score (nSPS) is 12.0. The maximum Gasteiger partial charge on any atom is 0.340 e. The van der Waals surface area contributed by atoms with E-state index < -0.39 is 28.7 Å². The number of hydrogen-bond donors (Lipinski definition) is 1. The third-order valence-corrected chi connectivity index (χ3v) is 6.26. The van der Waals surface area contributed by atoms with E-state index in [1.54, 1.807) is 66.9 Å². The minimum absolute atomic E-state index is 0.0158. The van der Waals surface area contributed by atoms with Crippen LogP contribution in [-0.4, -0.2) is 16.8 Å². The van der Waals surface area contributed by atoms with Crippen LogP contribution in [0.2, 0.25) is 0 Å².